The lowest BCUT2D eigenvalue weighted by molar-refractivity contribution is -0.953. The van der Waals surface area contributed by atoms with E-state index in [0.717, 1.165) is 29.5 Å². The van der Waals surface area contributed by atoms with Gasteiger partial charge in [-0.05, 0) is 54.8 Å². The molecule has 7 heteroatoms. The molecule has 0 bridgehead atoms. The summed E-state index contributed by atoms with van der Waals surface area (Å²) in [7, 11) is 0. The second-order valence-corrected chi connectivity index (χ2v) is 10.1. The second kappa shape index (κ2) is 9.30. The molecule has 1 N–H and O–H groups in total. The summed E-state index contributed by atoms with van der Waals surface area (Å²) in [6.07, 6.45) is 0. The summed E-state index contributed by atoms with van der Waals surface area (Å²) in [5.41, 5.74) is 2.19. The third kappa shape index (κ3) is 5.21. The minimum Gasteiger partial charge on any atom is -0.314 e. The quantitative estimate of drug-likeness (QED) is 0.448. The largest absolute Gasteiger partial charge is 0.314 e. The van der Waals surface area contributed by atoms with E-state index in [2.05, 4.69) is 96.3 Å². The number of hydrogen-bond donors (Lipinski definition) is 1. The first-order valence-corrected chi connectivity index (χ1v) is 11.6. The van der Waals surface area contributed by atoms with Gasteiger partial charge >= 0.3 is 0 Å². The summed E-state index contributed by atoms with van der Waals surface area (Å²) in [5, 5.41) is 15.8. The van der Waals surface area contributed by atoms with Crippen molar-refractivity contribution in [3.05, 3.63) is 99.0 Å². The van der Waals surface area contributed by atoms with Gasteiger partial charge in [0.15, 0.2) is 6.04 Å². The maximum absolute atomic E-state index is 6.22. The number of halogens is 1. The first-order valence-electron chi connectivity index (χ1n) is 10.4. The van der Waals surface area contributed by atoms with Crippen LogP contribution in [0.3, 0.4) is 0 Å². The Labute approximate surface area is 192 Å². The van der Waals surface area contributed by atoms with E-state index in [1.807, 2.05) is 16.8 Å². The van der Waals surface area contributed by atoms with Gasteiger partial charge in [-0.1, -0.05) is 60.1 Å². The number of nitrogens with zero attached hydrogens (tertiary/aromatic N) is 4. The van der Waals surface area contributed by atoms with Gasteiger partial charge in [0.1, 0.15) is 13.1 Å². The molecule has 0 saturated heterocycles. The van der Waals surface area contributed by atoms with E-state index >= 15 is 0 Å². The third-order valence-corrected chi connectivity index (χ3v) is 6.38. The molecular weight excluding hydrogens is 426 g/mol. The lowest BCUT2D eigenvalue weighted by Gasteiger charge is -2.30. The average molecular weight is 453 g/mol. The molecule has 2 aromatic carbocycles. The standard InChI is InChI=1S/C24H26ClN5S/c1-24(2,3)30-23(26-27-28-30)22(19-11-13-20(25)14-12-19)29(17-21-10-7-15-31-21)16-18-8-5-4-6-9-18/h4-15,22H,16-17H2,1-3H3/p+1/t22-/m1/s1. The summed E-state index contributed by atoms with van der Waals surface area (Å²) in [5.74, 6) is 0.859. The van der Waals surface area contributed by atoms with Crippen molar-refractivity contribution in [2.45, 2.75) is 45.4 Å². The van der Waals surface area contributed by atoms with E-state index in [1.54, 1.807) is 11.3 Å². The summed E-state index contributed by atoms with van der Waals surface area (Å²) in [4.78, 5) is 2.69. The minimum absolute atomic E-state index is 0.0474. The molecular formula is C24H27ClN5S+. The van der Waals surface area contributed by atoms with Gasteiger partial charge in [-0.25, -0.2) is 4.68 Å². The summed E-state index contributed by atoms with van der Waals surface area (Å²) in [6, 6.07) is 22.9. The van der Waals surface area contributed by atoms with Gasteiger partial charge in [-0.3, -0.25) is 0 Å². The Morgan fingerprint density at radius 2 is 1.71 bits per heavy atom. The summed E-state index contributed by atoms with van der Waals surface area (Å²) in [6.45, 7) is 8.10. The molecule has 0 amide bonds. The van der Waals surface area contributed by atoms with E-state index < -0.39 is 0 Å². The van der Waals surface area contributed by atoms with Crippen molar-refractivity contribution in [2.24, 2.45) is 0 Å². The van der Waals surface area contributed by atoms with Crippen LogP contribution in [0.4, 0.5) is 0 Å². The lowest BCUT2D eigenvalue weighted by Crippen LogP contribution is -3.10. The van der Waals surface area contributed by atoms with E-state index in [1.165, 1.54) is 15.3 Å². The van der Waals surface area contributed by atoms with E-state index in [-0.39, 0.29) is 11.6 Å². The molecule has 160 valence electrons. The Morgan fingerprint density at radius 1 is 0.968 bits per heavy atom. The molecule has 4 rings (SSSR count). The zero-order valence-corrected chi connectivity index (χ0v) is 19.6. The number of hydrogen-bond acceptors (Lipinski definition) is 4. The highest BCUT2D eigenvalue weighted by atomic mass is 35.5. The maximum atomic E-state index is 6.22. The first kappa shape index (κ1) is 21.7. The van der Waals surface area contributed by atoms with Crippen molar-refractivity contribution < 1.29 is 4.90 Å². The Balaban J connectivity index is 1.83. The Hall–Kier alpha value is -2.54. The predicted molar refractivity (Wildman–Crippen MR) is 125 cm³/mol. The molecule has 0 aliphatic rings. The first-order chi connectivity index (χ1) is 14.9. The van der Waals surface area contributed by atoms with Crippen molar-refractivity contribution in [1.82, 2.24) is 20.2 Å². The molecule has 0 aliphatic heterocycles. The fourth-order valence-corrected chi connectivity index (χ4v) is 4.72. The van der Waals surface area contributed by atoms with Crippen molar-refractivity contribution in [3.63, 3.8) is 0 Å². The van der Waals surface area contributed by atoms with Crippen molar-refractivity contribution in [1.29, 1.82) is 0 Å². The topological polar surface area (TPSA) is 48.0 Å². The molecule has 31 heavy (non-hydrogen) atoms. The molecule has 0 saturated carbocycles. The normalized spacial score (nSPS) is 13.8. The summed E-state index contributed by atoms with van der Waals surface area (Å²) >= 11 is 8.00. The van der Waals surface area contributed by atoms with E-state index in [0.29, 0.717) is 0 Å². The molecule has 5 nitrogen and oxygen atoms in total. The number of quaternary nitrogens is 1. The molecule has 2 aromatic heterocycles. The number of tetrazole rings is 1. The SMILES string of the molecule is CC(C)(C)n1nnnc1[C@@H](c1ccc(Cl)cc1)[NH+](Cc1ccccc1)Cc1cccs1. The van der Waals surface area contributed by atoms with Crippen LogP contribution in [-0.4, -0.2) is 20.2 Å². The highest BCUT2D eigenvalue weighted by Gasteiger charge is 2.35. The number of thiophene rings is 1. The maximum Gasteiger partial charge on any atom is 0.214 e. The molecule has 2 heterocycles. The van der Waals surface area contributed by atoms with Crippen LogP contribution < -0.4 is 4.90 Å². The Bertz CT molecular complexity index is 1090. The lowest BCUT2D eigenvalue weighted by atomic mass is 10.0. The predicted octanol–water partition coefficient (Wildman–Crippen LogP) is 4.52. The molecule has 0 aliphatic carbocycles. The van der Waals surface area contributed by atoms with Gasteiger partial charge in [-0.15, -0.1) is 16.4 Å². The van der Waals surface area contributed by atoms with Crippen molar-refractivity contribution >= 4 is 22.9 Å². The van der Waals surface area contributed by atoms with Crippen LogP contribution in [0.5, 0.6) is 0 Å². The molecule has 4 aromatic rings. The van der Waals surface area contributed by atoms with Gasteiger partial charge in [-0.2, -0.15) is 0 Å². The van der Waals surface area contributed by atoms with E-state index in [4.69, 9.17) is 11.6 Å². The molecule has 0 spiro atoms. The molecule has 2 atom stereocenters. The van der Waals surface area contributed by atoms with Crippen LogP contribution >= 0.6 is 22.9 Å². The Kier molecular flexibility index (Phi) is 6.51. The van der Waals surface area contributed by atoms with Crippen LogP contribution in [0.2, 0.25) is 5.02 Å². The molecule has 0 radical (unpaired) electrons. The number of rotatable bonds is 7. The summed E-state index contributed by atoms with van der Waals surface area (Å²) < 4.78 is 1.95. The monoisotopic (exact) mass is 452 g/mol. The fraction of sp³-hybridized carbons (Fsp3) is 0.292. The third-order valence-electron chi connectivity index (χ3n) is 5.25. The van der Waals surface area contributed by atoms with Crippen LogP contribution in [0.15, 0.2) is 72.1 Å². The van der Waals surface area contributed by atoms with Crippen molar-refractivity contribution in [3.8, 4) is 0 Å². The zero-order chi connectivity index (χ0) is 21.8. The molecule has 1 unspecified atom stereocenters. The number of aromatic nitrogens is 4. The van der Waals surface area contributed by atoms with Gasteiger partial charge in [0.25, 0.3) is 0 Å². The molecule has 0 fully saturated rings. The zero-order valence-electron chi connectivity index (χ0n) is 18.0. The number of nitrogens with one attached hydrogen (secondary N) is 1. The van der Waals surface area contributed by atoms with E-state index in [9.17, 15) is 0 Å². The highest BCUT2D eigenvalue weighted by Crippen LogP contribution is 2.24. The van der Waals surface area contributed by atoms with Gasteiger partial charge in [0.05, 0.1) is 10.4 Å². The van der Waals surface area contributed by atoms with Crippen LogP contribution in [-0.2, 0) is 18.6 Å². The highest BCUT2D eigenvalue weighted by molar-refractivity contribution is 7.09. The fourth-order valence-electron chi connectivity index (χ4n) is 3.84. The van der Waals surface area contributed by atoms with Crippen LogP contribution in [0.25, 0.3) is 0 Å². The van der Waals surface area contributed by atoms with Crippen LogP contribution in [0.1, 0.15) is 48.6 Å². The second-order valence-electron chi connectivity index (χ2n) is 8.68. The number of benzene rings is 2. The van der Waals surface area contributed by atoms with Gasteiger partial charge < -0.3 is 4.90 Å². The minimum atomic E-state index is -0.232. The van der Waals surface area contributed by atoms with Crippen LogP contribution in [0, 0.1) is 0 Å². The average Bonchev–Trinajstić information content (AvgIpc) is 3.42. The smallest absolute Gasteiger partial charge is 0.214 e. The Morgan fingerprint density at radius 3 is 2.35 bits per heavy atom. The van der Waals surface area contributed by atoms with Gasteiger partial charge in [0.2, 0.25) is 5.82 Å². The van der Waals surface area contributed by atoms with Gasteiger partial charge in [0, 0.05) is 16.1 Å². The van der Waals surface area contributed by atoms with Crippen molar-refractivity contribution in [2.75, 3.05) is 0 Å².